The molecule has 1 heterocycles. The number of pyridine rings is 1. The van der Waals surface area contributed by atoms with E-state index in [4.69, 9.17) is 4.74 Å². The number of carboxylic acid groups (broad SMARTS) is 1. The number of nitrogens with zero attached hydrogens (tertiary/aromatic N) is 3. The molecule has 1 unspecified atom stereocenters. The number of aromatic nitrogens is 1. The Hall–Kier alpha value is -4.62. The van der Waals surface area contributed by atoms with Crippen LogP contribution in [-0.4, -0.2) is 42.4 Å². The highest BCUT2D eigenvalue weighted by atomic mass is 16.5. The number of hydrogen-bond acceptors (Lipinski definition) is 6. The Morgan fingerprint density at radius 1 is 0.946 bits per heavy atom. The number of rotatable bonds is 9. The molecule has 0 radical (unpaired) electrons. The molecule has 0 saturated carbocycles. The highest BCUT2D eigenvalue weighted by Crippen LogP contribution is 2.35. The van der Waals surface area contributed by atoms with E-state index in [0.29, 0.717) is 22.7 Å². The molecule has 4 aromatic rings. The van der Waals surface area contributed by atoms with E-state index in [2.05, 4.69) is 11.6 Å². The third-order valence-electron chi connectivity index (χ3n) is 6.29. The number of aromatic carboxylic acids is 1. The second kappa shape index (κ2) is 11.0. The van der Waals surface area contributed by atoms with Crippen molar-refractivity contribution in [3.05, 3.63) is 114 Å². The van der Waals surface area contributed by atoms with Crippen LogP contribution in [0.2, 0.25) is 0 Å². The third kappa shape index (κ3) is 5.47. The molecule has 2 N–H and O–H groups in total. The Kier molecular flexibility index (Phi) is 7.55. The lowest BCUT2D eigenvalue weighted by atomic mass is 10.0. The molecule has 188 valence electrons. The minimum absolute atomic E-state index is 0.0626. The highest BCUT2D eigenvalue weighted by molar-refractivity contribution is 5.90. The van der Waals surface area contributed by atoms with Crippen LogP contribution in [-0.2, 0) is 0 Å². The van der Waals surface area contributed by atoms with E-state index in [0.717, 1.165) is 22.6 Å². The maximum Gasteiger partial charge on any atom is 0.335 e. The molecular weight excluding hydrogens is 466 g/mol. The Bertz CT molecular complexity index is 1400. The molecule has 0 amide bonds. The first-order chi connectivity index (χ1) is 17.8. The van der Waals surface area contributed by atoms with Crippen molar-refractivity contribution in [2.45, 2.75) is 6.10 Å². The number of hydrogen-bond donors (Lipinski definition) is 2. The first-order valence-corrected chi connectivity index (χ1v) is 11.7. The van der Waals surface area contributed by atoms with Crippen LogP contribution in [0.5, 0.6) is 5.75 Å². The summed E-state index contributed by atoms with van der Waals surface area (Å²) in [4.78, 5) is 20.2. The molecule has 1 atom stereocenters. The van der Waals surface area contributed by atoms with E-state index in [1.807, 2.05) is 78.5 Å². The number of methoxy groups -OCH3 is 1. The maximum absolute atomic E-state index is 11.9. The molecule has 3 aromatic carbocycles. The molecule has 4 rings (SSSR count). The van der Waals surface area contributed by atoms with Gasteiger partial charge in [-0.05, 0) is 65.7 Å². The van der Waals surface area contributed by atoms with Crippen LogP contribution >= 0.6 is 0 Å². The number of ether oxygens (including phenoxy) is 1. The zero-order valence-corrected chi connectivity index (χ0v) is 21.0. The molecule has 7 heteroatoms. The average Bonchev–Trinajstić information content (AvgIpc) is 2.95. The molecule has 0 aliphatic rings. The molecule has 0 saturated heterocycles. The summed E-state index contributed by atoms with van der Waals surface area (Å²) in [5, 5.41) is 20.9. The minimum Gasteiger partial charge on any atom is -0.495 e. The number of carbonyl (C=O) groups is 1. The van der Waals surface area contributed by atoms with Crippen molar-refractivity contribution in [1.29, 1.82) is 0 Å². The number of para-hydroxylation sites is 2. The Morgan fingerprint density at radius 3 is 2.27 bits per heavy atom. The molecule has 37 heavy (non-hydrogen) atoms. The monoisotopic (exact) mass is 495 g/mol. The molecule has 7 nitrogen and oxygen atoms in total. The summed E-state index contributed by atoms with van der Waals surface area (Å²) in [5.41, 5.74) is 5.12. The lowest BCUT2D eigenvalue weighted by Crippen LogP contribution is -2.14. The standard InChI is InChI=1S/C30H29N3O4/c1-5-20-10-12-23(13-11-20)32(2)24-14-15-26(31-19-24)29(34)21-16-22(30(35)36)18-25(17-21)33(3)27-8-6-7-9-28(27)37-4/h5-19,29,34H,1H2,2-4H3,(H,35,36). The minimum atomic E-state index is -1.12. The van der Waals surface area contributed by atoms with E-state index in [-0.39, 0.29) is 5.56 Å². The predicted molar refractivity (Wildman–Crippen MR) is 147 cm³/mol. The zero-order chi connectivity index (χ0) is 26.5. The quantitative estimate of drug-likeness (QED) is 0.292. The van der Waals surface area contributed by atoms with Crippen LogP contribution in [0.4, 0.5) is 22.7 Å². The number of aliphatic hydroxyl groups is 1. The molecule has 1 aromatic heterocycles. The van der Waals surface area contributed by atoms with Crippen molar-refractivity contribution >= 4 is 34.8 Å². The molecule has 0 spiro atoms. The fraction of sp³-hybridized carbons (Fsp3) is 0.133. The largest absolute Gasteiger partial charge is 0.495 e. The number of benzene rings is 3. The first-order valence-electron chi connectivity index (χ1n) is 11.7. The smallest absolute Gasteiger partial charge is 0.335 e. The summed E-state index contributed by atoms with van der Waals surface area (Å²) < 4.78 is 5.46. The van der Waals surface area contributed by atoms with E-state index < -0.39 is 12.1 Å². The van der Waals surface area contributed by atoms with Crippen LogP contribution in [0, 0.1) is 0 Å². The van der Waals surface area contributed by atoms with Crippen LogP contribution < -0.4 is 14.5 Å². The molecule has 0 bridgehead atoms. The summed E-state index contributed by atoms with van der Waals surface area (Å²) in [6.45, 7) is 3.78. The van der Waals surface area contributed by atoms with Gasteiger partial charge in [0.2, 0.25) is 0 Å². The molecule has 0 aliphatic heterocycles. The van der Waals surface area contributed by atoms with Crippen molar-refractivity contribution in [1.82, 2.24) is 4.98 Å². The number of aliphatic hydroxyl groups excluding tert-OH is 1. The highest BCUT2D eigenvalue weighted by Gasteiger charge is 2.19. The van der Waals surface area contributed by atoms with Gasteiger partial charge in [-0.15, -0.1) is 0 Å². The van der Waals surface area contributed by atoms with Crippen LogP contribution in [0.15, 0.2) is 91.6 Å². The summed E-state index contributed by atoms with van der Waals surface area (Å²) in [6.07, 6.45) is 2.36. The van der Waals surface area contributed by atoms with E-state index in [9.17, 15) is 15.0 Å². The van der Waals surface area contributed by atoms with Crippen LogP contribution in [0.3, 0.4) is 0 Å². The van der Waals surface area contributed by atoms with Gasteiger partial charge in [-0.25, -0.2) is 4.79 Å². The van der Waals surface area contributed by atoms with E-state index in [1.54, 1.807) is 37.6 Å². The van der Waals surface area contributed by atoms with E-state index >= 15 is 0 Å². The van der Waals surface area contributed by atoms with Gasteiger partial charge in [0.05, 0.1) is 35.9 Å². The second-order valence-corrected chi connectivity index (χ2v) is 8.55. The lowest BCUT2D eigenvalue weighted by molar-refractivity contribution is 0.0696. The van der Waals surface area contributed by atoms with Gasteiger partial charge in [0.1, 0.15) is 11.9 Å². The van der Waals surface area contributed by atoms with Crippen molar-refractivity contribution in [2.75, 3.05) is 31.0 Å². The summed E-state index contributed by atoms with van der Waals surface area (Å²) in [7, 11) is 5.34. The Balaban J connectivity index is 1.63. The van der Waals surface area contributed by atoms with Crippen LogP contribution in [0.1, 0.15) is 33.3 Å². The predicted octanol–water partition coefficient (Wildman–Crippen LogP) is 6.05. The average molecular weight is 496 g/mol. The van der Waals surface area contributed by atoms with Gasteiger partial charge < -0.3 is 24.7 Å². The van der Waals surface area contributed by atoms with Crippen molar-refractivity contribution in [2.24, 2.45) is 0 Å². The van der Waals surface area contributed by atoms with Gasteiger partial charge in [0.25, 0.3) is 0 Å². The maximum atomic E-state index is 11.9. The van der Waals surface area contributed by atoms with Crippen molar-refractivity contribution < 1.29 is 19.7 Å². The summed E-state index contributed by atoms with van der Waals surface area (Å²) >= 11 is 0. The van der Waals surface area contributed by atoms with Gasteiger partial charge in [-0.1, -0.05) is 36.9 Å². The van der Waals surface area contributed by atoms with Crippen molar-refractivity contribution in [3.63, 3.8) is 0 Å². The number of anilines is 4. The molecule has 0 fully saturated rings. The van der Waals surface area contributed by atoms with Crippen LogP contribution in [0.25, 0.3) is 6.08 Å². The van der Waals surface area contributed by atoms with Gasteiger partial charge in [0, 0.05) is 25.5 Å². The Morgan fingerprint density at radius 2 is 1.65 bits per heavy atom. The van der Waals surface area contributed by atoms with Crippen molar-refractivity contribution in [3.8, 4) is 5.75 Å². The second-order valence-electron chi connectivity index (χ2n) is 8.55. The van der Waals surface area contributed by atoms with Gasteiger partial charge >= 0.3 is 5.97 Å². The van der Waals surface area contributed by atoms with Gasteiger partial charge in [-0.2, -0.15) is 0 Å². The summed E-state index contributed by atoms with van der Waals surface area (Å²) in [5.74, 6) is -0.440. The molecule has 0 aliphatic carbocycles. The third-order valence-corrected chi connectivity index (χ3v) is 6.29. The fourth-order valence-electron chi connectivity index (χ4n) is 4.07. The summed E-state index contributed by atoms with van der Waals surface area (Å²) in [6, 6.07) is 23.8. The fourth-order valence-corrected chi connectivity index (χ4v) is 4.07. The lowest BCUT2D eigenvalue weighted by Gasteiger charge is -2.24. The topological polar surface area (TPSA) is 86.1 Å². The SMILES string of the molecule is C=Cc1ccc(N(C)c2ccc(C(O)c3cc(C(=O)O)cc(N(C)c4ccccc4OC)c3)nc2)cc1. The van der Waals surface area contributed by atoms with E-state index in [1.165, 1.54) is 6.07 Å². The Labute approximate surface area is 216 Å². The number of carboxylic acids is 1. The zero-order valence-electron chi connectivity index (χ0n) is 21.0. The molecular formula is C30H29N3O4. The van der Waals surface area contributed by atoms with Gasteiger partial charge in [-0.3, -0.25) is 4.98 Å². The van der Waals surface area contributed by atoms with Gasteiger partial charge in [0.15, 0.2) is 0 Å². The first kappa shape index (κ1) is 25.5. The normalized spacial score (nSPS) is 11.5.